The van der Waals surface area contributed by atoms with Crippen LogP contribution in [-0.4, -0.2) is 38.4 Å². The maximum atomic E-state index is 12.9. The van der Waals surface area contributed by atoms with Gasteiger partial charge in [-0.2, -0.15) is 0 Å². The molecule has 0 radical (unpaired) electrons. The van der Waals surface area contributed by atoms with E-state index in [0.29, 0.717) is 5.69 Å². The Morgan fingerprint density at radius 1 is 0.828 bits per heavy atom. The Hall–Kier alpha value is -3.52. The minimum Gasteiger partial charge on any atom is -0.497 e. The van der Waals surface area contributed by atoms with E-state index in [1.54, 1.807) is 32.7 Å². The van der Waals surface area contributed by atoms with Crippen LogP contribution in [0.3, 0.4) is 0 Å². The van der Waals surface area contributed by atoms with Crippen LogP contribution in [0.25, 0.3) is 22.5 Å². The first-order chi connectivity index (χ1) is 14.2. The molecule has 0 fully saturated rings. The van der Waals surface area contributed by atoms with Crippen molar-refractivity contribution in [3.8, 4) is 34.0 Å². The van der Waals surface area contributed by atoms with Gasteiger partial charge in [-0.05, 0) is 54.6 Å². The lowest BCUT2D eigenvalue weighted by Gasteiger charge is -2.06. The molecule has 4 rings (SSSR count). The average Bonchev–Trinajstić information content (AvgIpc) is 3.24. The number of hydrogen-bond donors (Lipinski definition) is 1. The van der Waals surface area contributed by atoms with E-state index in [1.165, 1.54) is 0 Å². The van der Waals surface area contributed by atoms with E-state index in [9.17, 15) is 4.21 Å². The molecule has 0 bridgehead atoms. The number of aromatic nitrogens is 4. The molecule has 0 aliphatic carbocycles. The highest BCUT2D eigenvalue weighted by Gasteiger charge is 2.20. The molecule has 146 valence electrons. The van der Waals surface area contributed by atoms with Crippen LogP contribution >= 0.6 is 0 Å². The lowest BCUT2D eigenvalue weighted by molar-refractivity contribution is 0.414. The first-order valence-electron chi connectivity index (χ1n) is 8.77. The summed E-state index contributed by atoms with van der Waals surface area (Å²) >= 11 is 0. The first-order valence-corrected chi connectivity index (χ1v) is 9.92. The minimum atomic E-state index is -1.63. The van der Waals surface area contributed by atoms with Gasteiger partial charge in [-0.1, -0.05) is 0 Å². The average molecular weight is 406 g/mol. The predicted octanol–water partition coefficient (Wildman–Crippen LogP) is 3.72. The van der Waals surface area contributed by atoms with Gasteiger partial charge in [0.1, 0.15) is 11.5 Å². The summed E-state index contributed by atoms with van der Waals surface area (Å²) in [5.41, 5.74) is 3.18. The number of benzene rings is 2. The number of nitrogens with one attached hydrogen (secondary N) is 1. The summed E-state index contributed by atoms with van der Waals surface area (Å²) in [5.74, 6) is 1.50. The smallest absolute Gasteiger partial charge is 0.226 e. The normalized spacial score (nSPS) is 11.8. The van der Waals surface area contributed by atoms with Crippen LogP contribution in [0.15, 0.2) is 77.3 Å². The predicted molar refractivity (Wildman–Crippen MR) is 109 cm³/mol. The summed E-state index contributed by atoms with van der Waals surface area (Å²) in [7, 11) is 1.60. The molecule has 8 heteroatoms. The van der Waals surface area contributed by atoms with E-state index in [4.69, 9.17) is 9.47 Å². The number of aromatic amines is 1. The van der Waals surface area contributed by atoms with E-state index in [0.717, 1.165) is 28.3 Å². The number of ether oxygens (including phenoxy) is 2. The third kappa shape index (κ3) is 3.88. The number of nitrogens with zero attached hydrogens (tertiary/aromatic N) is 3. The van der Waals surface area contributed by atoms with Gasteiger partial charge in [0.05, 0.1) is 25.6 Å². The van der Waals surface area contributed by atoms with Crippen molar-refractivity contribution in [2.75, 3.05) is 14.2 Å². The molecule has 0 spiro atoms. The highest BCUT2D eigenvalue weighted by molar-refractivity contribution is 7.84. The van der Waals surface area contributed by atoms with Crippen molar-refractivity contribution in [3.05, 3.63) is 67.0 Å². The van der Waals surface area contributed by atoms with Crippen LogP contribution in [-0.2, 0) is 10.8 Å². The van der Waals surface area contributed by atoms with Crippen LogP contribution in [0.4, 0.5) is 0 Å². The van der Waals surface area contributed by atoms with E-state index < -0.39 is 10.8 Å². The Morgan fingerprint density at radius 2 is 1.38 bits per heavy atom. The SMILES string of the molecule is COc1ccc(-c2nc(S(=O)c3ncccn3)[nH]c2-c2ccc(OC)cc2)cc1. The molecule has 0 aliphatic heterocycles. The van der Waals surface area contributed by atoms with Crippen molar-refractivity contribution in [2.24, 2.45) is 0 Å². The van der Waals surface area contributed by atoms with E-state index in [-0.39, 0.29) is 10.3 Å². The summed E-state index contributed by atoms with van der Waals surface area (Å²) in [6.45, 7) is 0. The maximum absolute atomic E-state index is 12.9. The Kier molecular flexibility index (Phi) is 5.35. The van der Waals surface area contributed by atoms with Crippen molar-refractivity contribution < 1.29 is 13.7 Å². The van der Waals surface area contributed by atoms with E-state index in [2.05, 4.69) is 19.9 Å². The van der Waals surface area contributed by atoms with Crippen LogP contribution in [0.1, 0.15) is 0 Å². The summed E-state index contributed by atoms with van der Waals surface area (Å²) in [6.07, 6.45) is 3.11. The summed E-state index contributed by atoms with van der Waals surface area (Å²) < 4.78 is 23.4. The number of rotatable bonds is 6. The van der Waals surface area contributed by atoms with Crippen LogP contribution in [0.2, 0.25) is 0 Å². The molecule has 2 aromatic heterocycles. The molecule has 0 saturated heterocycles. The largest absolute Gasteiger partial charge is 0.497 e. The van der Waals surface area contributed by atoms with Gasteiger partial charge in [0.15, 0.2) is 10.8 Å². The zero-order valence-corrected chi connectivity index (χ0v) is 16.6. The highest BCUT2D eigenvalue weighted by Crippen LogP contribution is 2.33. The Bertz CT molecular complexity index is 1060. The minimum absolute atomic E-state index is 0.198. The zero-order chi connectivity index (χ0) is 20.2. The van der Waals surface area contributed by atoms with Crippen molar-refractivity contribution in [1.29, 1.82) is 0 Å². The van der Waals surface area contributed by atoms with E-state index >= 15 is 0 Å². The highest BCUT2D eigenvalue weighted by atomic mass is 32.2. The second kappa shape index (κ2) is 8.24. The van der Waals surface area contributed by atoms with Gasteiger partial charge >= 0.3 is 0 Å². The zero-order valence-electron chi connectivity index (χ0n) is 15.8. The van der Waals surface area contributed by atoms with Crippen LogP contribution < -0.4 is 9.47 Å². The third-order valence-corrected chi connectivity index (χ3v) is 5.39. The number of imidazole rings is 1. The third-order valence-electron chi connectivity index (χ3n) is 4.31. The van der Waals surface area contributed by atoms with Gasteiger partial charge in [-0.3, -0.25) is 0 Å². The Morgan fingerprint density at radius 3 is 1.93 bits per heavy atom. The van der Waals surface area contributed by atoms with Crippen LogP contribution in [0.5, 0.6) is 11.5 Å². The molecule has 1 N–H and O–H groups in total. The molecule has 29 heavy (non-hydrogen) atoms. The monoisotopic (exact) mass is 406 g/mol. The molecule has 2 aromatic carbocycles. The molecule has 4 aromatic rings. The second-order valence-corrected chi connectivity index (χ2v) is 7.31. The summed E-state index contributed by atoms with van der Waals surface area (Å²) in [5, 5.41) is 0.483. The van der Waals surface area contributed by atoms with Crippen molar-refractivity contribution >= 4 is 10.8 Å². The molecule has 0 saturated carbocycles. The van der Waals surface area contributed by atoms with Gasteiger partial charge in [0.2, 0.25) is 10.3 Å². The Balaban J connectivity index is 1.82. The van der Waals surface area contributed by atoms with Gasteiger partial charge in [0, 0.05) is 23.5 Å². The fourth-order valence-corrected chi connectivity index (χ4v) is 3.69. The fraction of sp³-hybridized carbons (Fsp3) is 0.0952. The van der Waals surface area contributed by atoms with Gasteiger partial charge in [0.25, 0.3) is 0 Å². The number of H-pyrrole nitrogens is 1. The molecule has 1 atom stereocenters. The van der Waals surface area contributed by atoms with Crippen molar-refractivity contribution in [2.45, 2.75) is 10.3 Å². The molecular weight excluding hydrogens is 388 g/mol. The Labute approximate surface area is 170 Å². The lowest BCUT2D eigenvalue weighted by atomic mass is 10.0. The number of methoxy groups -OCH3 is 2. The standard InChI is InChI=1S/C21H18N4O3S/c1-27-16-8-4-14(5-9-16)18-19(15-6-10-17(28-2)11-7-15)25-21(24-18)29(26)20-22-12-3-13-23-20/h3-13H,1-2H3,(H,24,25). The second-order valence-electron chi connectivity index (χ2n) is 6.02. The van der Waals surface area contributed by atoms with Crippen LogP contribution in [0, 0.1) is 0 Å². The van der Waals surface area contributed by atoms with Gasteiger partial charge in [-0.25, -0.2) is 19.2 Å². The van der Waals surface area contributed by atoms with E-state index in [1.807, 2.05) is 48.5 Å². The van der Waals surface area contributed by atoms with Gasteiger partial charge in [-0.15, -0.1) is 0 Å². The first kappa shape index (κ1) is 18.8. The summed E-state index contributed by atoms with van der Waals surface area (Å²) in [6, 6.07) is 16.8. The fourth-order valence-electron chi connectivity index (χ4n) is 2.83. The maximum Gasteiger partial charge on any atom is 0.226 e. The molecule has 0 amide bonds. The quantitative estimate of drug-likeness (QED) is 0.491. The van der Waals surface area contributed by atoms with Crippen molar-refractivity contribution in [1.82, 2.24) is 19.9 Å². The molecular formula is C21H18N4O3S. The van der Waals surface area contributed by atoms with Gasteiger partial charge < -0.3 is 14.5 Å². The van der Waals surface area contributed by atoms with Crippen molar-refractivity contribution in [3.63, 3.8) is 0 Å². The molecule has 7 nitrogen and oxygen atoms in total. The summed E-state index contributed by atoms with van der Waals surface area (Å²) in [4.78, 5) is 16.0. The molecule has 0 aliphatic rings. The molecule has 1 unspecified atom stereocenters. The topological polar surface area (TPSA) is 90.0 Å². The molecule has 2 heterocycles. The number of hydrogen-bond acceptors (Lipinski definition) is 6. The lowest BCUT2D eigenvalue weighted by Crippen LogP contribution is -2.00.